The first-order valence-corrected chi connectivity index (χ1v) is 6.32. The lowest BCUT2D eigenvalue weighted by Crippen LogP contribution is -2.26. The van der Waals surface area contributed by atoms with Crippen LogP contribution in [-0.2, 0) is 9.84 Å². The molecule has 0 saturated heterocycles. The van der Waals surface area contributed by atoms with Crippen molar-refractivity contribution in [1.82, 2.24) is 0 Å². The molecular weight excluding hydrogens is 216 g/mol. The van der Waals surface area contributed by atoms with Gasteiger partial charge in [0.1, 0.15) is 12.7 Å². The predicted molar refractivity (Wildman–Crippen MR) is 54.8 cm³/mol. The van der Waals surface area contributed by atoms with E-state index in [1.165, 1.54) is 12.1 Å². The topological polar surface area (TPSA) is 52.6 Å². The fourth-order valence-corrected chi connectivity index (χ4v) is 1.96. The van der Waals surface area contributed by atoms with Gasteiger partial charge in [0.25, 0.3) is 0 Å². The molecule has 0 spiro atoms. The van der Waals surface area contributed by atoms with E-state index in [1.807, 2.05) is 0 Å². The SMILES string of the molecule is [CH2]C1COc2ccc(S(C)(=O)=O)cc2O1. The van der Waals surface area contributed by atoms with Gasteiger partial charge in [-0.1, -0.05) is 0 Å². The zero-order valence-corrected chi connectivity index (χ0v) is 9.08. The molecule has 15 heavy (non-hydrogen) atoms. The number of benzene rings is 1. The van der Waals surface area contributed by atoms with Crippen molar-refractivity contribution in [1.29, 1.82) is 0 Å². The van der Waals surface area contributed by atoms with Crippen LogP contribution in [0, 0.1) is 6.92 Å². The van der Waals surface area contributed by atoms with Crippen molar-refractivity contribution in [2.75, 3.05) is 12.9 Å². The van der Waals surface area contributed by atoms with Crippen molar-refractivity contribution in [3.63, 3.8) is 0 Å². The summed E-state index contributed by atoms with van der Waals surface area (Å²) in [5.41, 5.74) is 0. The summed E-state index contributed by atoms with van der Waals surface area (Å²) in [5, 5.41) is 0. The third-order valence-corrected chi connectivity index (χ3v) is 3.17. The molecule has 0 amide bonds. The van der Waals surface area contributed by atoms with E-state index in [-0.39, 0.29) is 11.0 Å². The smallest absolute Gasteiger partial charge is 0.175 e. The van der Waals surface area contributed by atoms with Gasteiger partial charge in [-0.05, 0) is 19.1 Å². The second-order valence-electron chi connectivity index (χ2n) is 3.43. The summed E-state index contributed by atoms with van der Waals surface area (Å²) in [6.45, 7) is 4.07. The molecule has 1 unspecified atom stereocenters. The third kappa shape index (κ3) is 2.07. The lowest BCUT2D eigenvalue weighted by atomic mass is 10.3. The molecule has 0 aliphatic carbocycles. The minimum absolute atomic E-state index is 0.221. The molecule has 1 aliphatic rings. The van der Waals surface area contributed by atoms with E-state index in [0.29, 0.717) is 18.1 Å². The molecule has 1 aromatic carbocycles. The Morgan fingerprint density at radius 3 is 2.80 bits per heavy atom. The highest BCUT2D eigenvalue weighted by Crippen LogP contribution is 2.33. The fourth-order valence-electron chi connectivity index (χ4n) is 1.33. The first kappa shape index (κ1) is 10.3. The van der Waals surface area contributed by atoms with Crippen LogP contribution in [0.3, 0.4) is 0 Å². The number of fused-ring (bicyclic) bond motifs is 1. The van der Waals surface area contributed by atoms with Crippen molar-refractivity contribution in [2.24, 2.45) is 0 Å². The Kier molecular flexibility index (Phi) is 2.34. The Balaban J connectivity index is 2.46. The van der Waals surface area contributed by atoms with Crippen LogP contribution in [0.4, 0.5) is 0 Å². The van der Waals surface area contributed by atoms with Crippen LogP contribution in [0.5, 0.6) is 11.5 Å². The molecule has 0 N–H and O–H groups in total. The number of rotatable bonds is 1. The minimum atomic E-state index is -3.21. The van der Waals surface area contributed by atoms with E-state index in [2.05, 4.69) is 6.92 Å². The van der Waals surface area contributed by atoms with E-state index in [1.54, 1.807) is 6.07 Å². The highest BCUT2D eigenvalue weighted by molar-refractivity contribution is 7.90. The maximum absolute atomic E-state index is 11.3. The second kappa shape index (κ2) is 3.41. The number of hydrogen-bond donors (Lipinski definition) is 0. The zero-order chi connectivity index (χ0) is 11.1. The first-order chi connectivity index (χ1) is 6.97. The molecule has 5 heteroatoms. The molecular formula is C10H11O4S. The van der Waals surface area contributed by atoms with Crippen LogP contribution in [0.1, 0.15) is 0 Å². The molecule has 1 heterocycles. The maximum Gasteiger partial charge on any atom is 0.175 e. The normalized spacial score (nSPS) is 20.0. The van der Waals surface area contributed by atoms with Gasteiger partial charge in [-0.2, -0.15) is 0 Å². The van der Waals surface area contributed by atoms with Crippen LogP contribution in [0.15, 0.2) is 23.1 Å². The van der Waals surface area contributed by atoms with Crippen molar-refractivity contribution < 1.29 is 17.9 Å². The molecule has 0 saturated carbocycles. The predicted octanol–water partition coefficient (Wildman–Crippen LogP) is 1.06. The van der Waals surface area contributed by atoms with Crippen LogP contribution >= 0.6 is 0 Å². The first-order valence-electron chi connectivity index (χ1n) is 4.43. The van der Waals surface area contributed by atoms with Gasteiger partial charge in [-0.3, -0.25) is 0 Å². The monoisotopic (exact) mass is 227 g/mol. The largest absolute Gasteiger partial charge is 0.486 e. The molecule has 0 fully saturated rings. The van der Waals surface area contributed by atoms with Gasteiger partial charge >= 0.3 is 0 Å². The number of sulfone groups is 1. The molecule has 1 radical (unpaired) electrons. The molecule has 0 aromatic heterocycles. The van der Waals surface area contributed by atoms with Crippen LogP contribution in [-0.4, -0.2) is 27.4 Å². The molecule has 1 atom stereocenters. The van der Waals surface area contributed by atoms with Gasteiger partial charge in [0.15, 0.2) is 21.3 Å². The van der Waals surface area contributed by atoms with Crippen molar-refractivity contribution in [3.05, 3.63) is 25.1 Å². The summed E-state index contributed by atoms with van der Waals surface area (Å²) in [4.78, 5) is 0.221. The summed E-state index contributed by atoms with van der Waals surface area (Å²) in [7, 11) is -3.21. The quantitative estimate of drug-likeness (QED) is 0.720. The van der Waals surface area contributed by atoms with Gasteiger partial charge in [0.05, 0.1) is 4.90 Å². The van der Waals surface area contributed by atoms with Gasteiger partial charge < -0.3 is 9.47 Å². The van der Waals surface area contributed by atoms with E-state index in [9.17, 15) is 8.42 Å². The standard InChI is InChI=1S/C10H11O4S/c1-7-6-13-9-4-3-8(15(2,11)12)5-10(9)14-7/h3-5,7H,1,6H2,2H3. The van der Waals surface area contributed by atoms with E-state index >= 15 is 0 Å². The summed E-state index contributed by atoms with van der Waals surface area (Å²) < 4.78 is 33.3. The number of ether oxygens (including phenoxy) is 2. The molecule has 81 valence electrons. The average Bonchev–Trinajstić information content (AvgIpc) is 2.15. The van der Waals surface area contributed by atoms with Crippen molar-refractivity contribution in [3.8, 4) is 11.5 Å². The van der Waals surface area contributed by atoms with Crippen molar-refractivity contribution >= 4 is 9.84 Å². The summed E-state index contributed by atoms with van der Waals surface area (Å²) >= 11 is 0. The Morgan fingerprint density at radius 1 is 1.40 bits per heavy atom. The van der Waals surface area contributed by atoms with Crippen LogP contribution in [0.25, 0.3) is 0 Å². The maximum atomic E-state index is 11.3. The Hall–Kier alpha value is -1.23. The van der Waals surface area contributed by atoms with E-state index in [4.69, 9.17) is 9.47 Å². The molecule has 0 bridgehead atoms. The third-order valence-electron chi connectivity index (χ3n) is 2.06. The Morgan fingerprint density at radius 2 is 2.13 bits per heavy atom. The minimum Gasteiger partial charge on any atom is -0.486 e. The zero-order valence-electron chi connectivity index (χ0n) is 8.26. The van der Waals surface area contributed by atoms with Gasteiger partial charge in [0, 0.05) is 12.3 Å². The number of hydrogen-bond acceptors (Lipinski definition) is 4. The molecule has 1 aliphatic heterocycles. The molecule has 1 aromatic rings. The van der Waals surface area contributed by atoms with Gasteiger partial charge in [-0.15, -0.1) is 0 Å². The Labute approximate surface area is 88.7 Å². The van der Waals surface area contributed by atoms with E-state index < -0.39 is 9.84 Å². The molecule has 4 nitrogen and oxygen atoms in total. The highest BCUT2D eigenvalue weighted by Gasteiger charge is 2.19. The average molecular weight is 227 g/mol. The highest BCUT2D eigenvalue weighted by atomic mass is 32.2. The second-order valence-corrected chi connectivity index (χ2v) is 5.45. The van der Waals surface area contributed by atoms with Crippen LogP contribution < -0.4 is 9.47 Å². The Bertz CT molecular complexity index is 478. The summed E-state index contributed by atoms with van der Waals surface area (Å²) in [5.74, 6) is 0.992. The lowest BCUT2D eigenvalue weighted by Gasteiger charge is -2.23. The van der Waals surface area contributed by atoms with Crippen molar-refractivity contribution in [2.45, 2.75) is 11.0 Å². The molecule has 2 rings (SSSR count). The summed E-state index contributed by atoms with van der Waals surface area (Å²) in [6, 6.07) is 4.56. The van der Waals surface area contributed by atoms with Gasteiger partial charge in [-0.25, -0.2) is 8.42 Å². The lowest BCUT2D eigenvalue weighted by molar-refractivity contribution is 0.120. The van der Waals surface area contributed by atoms with Crippen LogP contribution in [0.2, 0.25) is 0 Å². The summed E-state index contributed by atoms with van der Waals surface area (Å²) in [6.07, 6.45) is 0.854. The van der Waals surface area contributed by atoms with E-state index in [0.717, 1.165) is 6.26 Å². The van der Waals surface area contributed by atoms with Gasteiger partial charge in [0.2, 0.25) is 0 Å². The fraction of sp³-hybridized carbons (Fsp3) is 0.300.